The van der Waals surface area contributed by atoms with Crippen molar-refractivity contribution in [2.75, 3.05) is 6.61 Å². The Morgan fingerprint density at radius 2 is 2.24 bits per heavy atom. The summed E-state index contributed by atoms with van der Waals surface area (Å²) < 4.78 is 6.54. The topological polar surface area (TPSA) is 87.0 Å². The highest BCUT2D eigenvalue weighted by Gasteiger charge is 2.39. The minimum atomic E-state index is -0.783. The van der Waals surface area contributed by atoms with Crippen LogP contribution >= 0.6 is 27.3 Å². The van der Waals surface area contributed by atoms with E-state index in [0.717, 1.165) is 9.54 Å². The van der Waals surface area contributed by atoms with Gasteiger partial charge in [-0.25, -0.2) is 0 Å². The van der Waals surface area contributed by atoms with Gasteiger partial charge in [0.05, 0.1) is 14.0 Å². The first kappa shape index (κ1) is 24.2. The summed E-state index contributed by atoms with van der Waals surface area (Å²) in [5.41, 5.74) is 0. The van der Waals surface area contributed by atoms with Crippen LogP contribution in [0.5, 0.6) is 5.06 Å². The smallest absolute Gasteiger partial charge is 0.303 e. The lowest BCUT2D eigenvalue weighted by atomic mass is 9.80. The summed E-state index contributed by atoms with van der Waals surface area (Å²) in [7, 11) is 5.91. The molecule has 3 N–H and O–H groups in total. The molecule has 0 aliphatic heterocycles. The molecule has 5 atom stereocenters. The number of carboxylic acid groups (broad SMARTS) is 1. The third-order valence-corrected chi connectivity index (χ3v) is 6.81. The van der Waals surface area contributed by atoms with Gasteiger partial charge in [-0.3, -0.25) is 4.79 Å². The zero-order valence-corrected chi connectivity index (χ0v) is 18.7. The van der Waals surface area contributed by atoms with Gasteiger partial charge >= 0.3 is 5.97 Å². The maximum absolute atomic E-state index is 10.5. The first-order chi connectivity index (χ1) is 13.9. The molecule has 1 heterocycles. The first-order valence-electron chi connectivity index (χ1n) is 9.88. The van der Waals surface area contributed by atoms with Crippen molar-refractivity contribution in [1.29, 1.82) is 0 Å². The van der Waals surface area contributed by atoms with Crippen LogP contribution in [-0.2, 0) is 4.79 Å². The molecule has 1 aliphatic carbocycles. The fourth-order valence-corrected chi connectivity index (χ4v) is 4.98. The van der Waals surface area contributed by atoms with Gasteiger partial charge in [-0.05, 0) is 59.4 Å². The lowest BCUT2D eigenvalue weighted by Gasteiger charge is -2.21. The lowest BCUT2D eigenvalue weighted by molar-refractivity contribution is -0.137. The highest BCUT2D eigenvalue weighted by Crippen LogP contribution is 2.42. The molecular formula is C21H28BBrO5S. The molecule has 1 fully saturated rings. The van der Waals surface area contributed by atoms with Gasteiger partial charge in [0.1, 0.15) is 12.7 Å². The summed E-state index contributed by atoms with van der Waals surface area (Å²) in [4.78, 5) is 10.5. The van der Waals surface area contributed by atoms with Gasteiger partial charge < -0.3 is 20.1 Å². The normalized spacial score (nSPS) is 25.8. The lowest BCUT2D eigenvalue weighted by Crippen LogP contribution is -2.20. The fourth-order valence-electron chi connectivity index (χ4n) is 3.71. The summed E-state index contributed by atoms with van der Waals surface area (Å²) in [5.74, 6) is -0.482. The number of aliphatic carboxylic acids is 1. The Hall–Kier alpha value is -1.09. The molecule has 2 rings (SSSR count). The van der Waals surface area contributed by atoms with Crippen molar-refractivity contribution >= 4 is 41.1 Å². The molecule has 0 saturated heterocycles. The highest BCUT2D eigenvalue weighted by molar-refractivity contribution is 9.10. The van der Waals surface area contributed by atoms with E-state index in [2.05, 4.69) is 15.9 Å². The fraction of sp³-hybridized carbons (Fsp3) is 0.571. The number of hydrogen-bond acceptors (Lipinski definition) is 5. The maximum Gasteiger partial charge on any atom is 0.303 e. The number of halogens is 1. The summed E-state index contributed by atoms with van der Waals surface area (Å²) in [6.07, 6.45) is 9.86. The summed E-state index contributed by atoms with van der Waals surface area (Å²) in [6, 6.07) is 1.86. The molecule has 0 spiro atoms. The first-order valence-corrected chi connectivity index (χ1v) is 11.6. The van der Waals surface area contributed by atoms with Crippen LogP contribution in [0.3, 0.4) is 0 Å². The molecule has 0 bridgehead atoms. The number of hydrogen-bond donors (Lipinski definition) is 3. The van der Waals surface area contributed by atoms with E-state index in [-0.39, 0.29) is 30.8 Å². The number of allylic oxidation sites excluding steroid dienone is 3. The van der Waals surface area contributed by atoms with Crippen LogP contribution < -0.4 is 4.74 Å². The minimum Gasteiger partial charge on any atom is -0.481 e. The van der Waals surface area contributed by atoms with Gasteiger partial charge in [-0.15, -0.1) is 11.3 Å². The number of rotatable bonds is 12. The van der Waals surface area contributed by atoms with Gasteiger partial charge in [0.15, 0.2) is 5.06 Å². The number of thiophene rings is 1. The molecule has 2 radical (unpaired) electrons. The highest BCUT2D eigenvalue weighted by atomic mass is 79.9. The van der Waals surface area contributed by atoms with Crippen molar-refractivity contribution in [2.24, 2.45) is 17.8 Å². The number of carbonyl (C=O) groups is 1. The Labute approximate surface area is 186 Å². The van der Waals surface area contributed by atoms with Gasteiger partial charge in [0.25, 0.3) is 0 Å². The van der Waals surface area contributed by atoms with E-state index in [1.54, 1.807) is 6.08 Å². The molecule has 1 unspecified atom stereocenters. The number of unbranched alkanes of at least 4 members (excludes halogenated alkanes) is 1. The Morgan fingerprint density at radius 3 is 2.90 bits per heavy atom. The van der Waals surface area contributed by atoms with Crippen LogP contribution in [0.2, 0.25) is 6.32 Å². The van der Waals surface area contributed by atoms with E-state index < -0.39 is 18.2 Å². The standard InChI is InChI=1S/C21H28BBrO5S/c22-11-14-9-19(25)18(5-3-1-2-4-6-20(26)27)17(14)8-7-16(24)12-28-21-10-15(23)13-29-21/h1,3,7-8,10,13-14,16-19,24-25H,2,4-6,9,11-12H2,(H,26,27)/t14-,16+,17-,18+,19?/m0/s1. The molecule has 0 aromatic carbocycles. The average molecular weight is 483 g/mol. The van der Waals surface area contributed by atoms with Gasteiger partial charge in [-0.1, -0.05) is 30.6 Å². The van der Waals surface area contributed by atoms with Crippen molar-refractivity contribution in [3.8, 4) is 5.06 Å². The van der Waals surface area contributed by atoms with Crippen molar-refractivity contribution < 1.29 is 24.9 Å². The van der Waals surface area contributed by atoms with Crippen molar-refractivity contribution in [3.05, 3.63) is 40.2 Å². The average Bonchev–Trinajstić information content (AvgIpc) is 3.23. The zero-order chi connectivity index (χ0) is 21.2. The number of ether oxygens (including phenoxy) is 1. The summed E-state index contributed by atoms with van der Waals surface area (Å²) in [6.45, 7) is 0.167. The van der Waals surface area contributed by atoms with Crippen LogP contribution in [0.25, 0.3) is 0 Å². The number of carboxylic acids is 1. The van der Waals surface area contributed by atoms with Crippen LogP contribution in [-0.4, -0.2) is 47.9 Å². The van der Waals surface area contributed by atoms with Crippen LogP contribution in [0, 0.1) is 17.8 Å². The van der Waals surface area contributed by atoms with E-state index in [1.807, 2.05) is 29.7 Å². The molecule has 158 valence electrons. The molecule has 5 nitrogen and oxygen atoms in total. The number of aliphatic hydroxyl groups excluding tert-OH is 2. The second-order valence-corrected chi connectivity index (χ2v) is 9.17. The van der Waals surface area contributed by atoms with E-state index in [0.29, 0.717) is 32.0 Å². The van der Waals surface area contributed by atoms with Gasteiger partial charge in [-0.2, -0.15) is 0 Å². The second-order valence-electron chi connectivity index (χ2n) is 7.38. The molecule has 1 aliphatic rings. The molecule has 29 heavy (non-hydrogen) atoms. The van der Waals surface area contributed by atoms with Crippen LogP contribution in [0.1, 0.15) is 32.1 Å². The largest absolute Gasteiger partial charge is 0.481 e. The summed E-state index contributed by atoms with van der Waals surface area (Å²) in [5, 5.41) is 32.0. The van der Waals surface area contributed by atoms with E-state index in [4.69, 9.17) is 17.7 Å². The third-order valence-electron chi connectivity index (χ3n) is 5.21. The predicted molar refractivity (Wildman–Crippen MR) is 120 cm³/mol. The van der Waals surface area contributed by atoms with Crippen LogP contribution in [0.4, 0.5) is 0 Å². The SMILES string of the molecule is [B]C[C@@H]1CC(O)[C@H](CC=CCCCC(=O)O)[C@H]1C=C[C@@H](O)COc1cc(Br)cs1. The third kappa shape index (κ3) is 8.28. The van der Waals surface area contributed by atoms with Gasteiger partial charge in [0.2, 0.25) is 0 Å². The van der Waals surface area contributed by atoms with Crippen molar-refractivity contribution in [3.63, 3.8) is 0 Å². The van der Waals surface area contributed by atoms with Crippen molar-refractivity contribution in [2.45, 2.75) is 50.6 Å². The van der Waals surface area contributed by atoms with E-state index in [1.165, 1.54) is 11.3 Å². The van der Waals surface area contributed by atoms with Crippen LogP contribution in [0.15, 0.2) is 40.2 Å². The Morgan fingerprint density at radius 1 is 1.45 bits per heavy atom. The molecule has 8 heteroatoms. The van der Waals surface area contributed by atoms with Crippen molar-refractivity contribution in [1.82, 2.24) is 0 Å². The quantitative estimate of drug-likeness (QED) is 0.236. The van der Waals surface area contributed by atoms with E-state index >= 15 is 0 Å². The molecule has 1 saturated carbocycles. The minimum absolute atomic E-state index is 0.0388. The monoisotopic (exact) mass is 482 g/mol. The zero-order valence-electron chi connectivity index (χ0n) is 16.3. The van der Waals surface area contributed by atoms with E-state index in [9.17, 15) is 15.0 Å². The second kappa shape index (κ2) is 12.6. The van der Waals surface area contributed by atoms with Gasteiger partial charge in [0, 0.05) is 22.3 Å². The molecule has 1 aromatic heterocycles. The predicted octanol–water partition coefficient (Wildman–Crippen LogP) is 4.21. The number of aliphatic hydroxyl groups is 2. The Bertz CT molecular complexity index is 692. The molecular weight excluding hydrogens is 455 g/mol. The molecule has 1 aromatic rings. The summed E-state index contributed by atoms with van der Waals surface area (Å²) >= 11 is 4.83. The Balaban J connectivity index is 1.86. The Kier molecular flexibility index (Phi) is 10.5. The molecule has 0 amide bonds. The maximum atomic E-state index is 10.5.